The van der Waals surface area contributed by atoms with E-state index in [2.05, 4.69) is 10.6 Å². The first kappa shape index (κ1) is 28.5. The van der Waals surface area contributed by atoms with Crippen molar-refractivity contribution in [2.45, 2.75) is 76.8 Å². The molecule has 0 aromatic heterocycles. The molecule has 0 heterocycles. The van der Waals surface area contributed by atoms with Gasteiger partial charge in [-0.3, -0.25) is 9.59 Å². The minimum absolute atomic E-state index is 0.00163. The summed E-state index contributed by atoms with van der Waals surface area (Å²) < 4.78 is 0. The van der Waals surface area contributed by atoms with Crippen molar-refractivity contribution in [1.82, 2.24) is 10.6 Å². The van der Waals surface area contributed by atoms with Crippen LogP contribution < -0.4 is 10.6 Å². The summed E-state index contributed by atoms with van der Waals surface area (Å²) in [5.41, 5.74) is 0.959. The number of hydrogen-bond acceptors (Lipinski definition) is 5. The maximum atomic E-state index is 13.3. The second-order valence-corrected chi connectivity index (χ2v) is 11.1. The summed E-state index contributed by atoms with van der Waals surface area (Å²) >= 11 is 0. The number of rotatable bonds is 9. The molecule has 8 heteroatoms. The van der Waals surface area contributed by atoms with Gasteiger partial charge >= 0.3 is 11.9 Å². The lowest BCUT2D eigenvalue weighted by Crippen LogP contribution is -2.38. The van der Waals surface area contributed by atoms with E-state index in [-0.39, 0.29) is 28.3 Å². The van der Waals surface area contributed by atoms with Gasteiger partial charge in [0.05, 0.1) is 16.7 Å². The van der Waals surface area contributed by atoms with Gasteiger partial charge in [-0.25, -0.2) is 9.59 Å². The molecule has 2 saturated carbocycles. The van der Waals surface area contributed by atoms with Crippen molar-refractivity contribution in [3.63, 3.8) is 0 Å². The van der Waals surface area contributed by atoms with Gasteiger partial charge in [0.2, 0.25) is 0 Å². The Balaban J connectivity index is 1.44. The first-order valence-corrected chi connectivity index (χ1v) is 13.9. The second kappa shape index (κ2) is 12.6. The molecule has 4 rings (SSSR count). The highest BCUT2D eigenvalue weighted by molar-refractivity contribution is 6.07. The van der Waals surface area contributed by atoms with Crippen LogP contribution in [0, 0.1) is 11.8 Å². The molecule has 2 aliphatic rings. The predicted molar refractivity (Wildman–Crippen MR) is 148 cm³/mol. The van der Waals surface area contributed by atoms with Gasteiger partial charge < -0.3 is 20.8 Å². The number of nitrogens with one attached hydrogen (secondary N) is 2. The fourth-order valence-electron chi connectivity index (χ4n) is 6.26. The lowest BCUT2D eigenvalue weighted by atomic mass is 9.75. The van der Waals surface area contributed by atoms with Gasteiger partial charge in [0, 0.05) is 17.6 Å². The molecular weight excluding hydrogens is 496 g/mol. The summed E-state index contributed by atoms with van der Waals surface area (Å²) in [4.78, 5) is 48.7. The predicted octanol–water partition coefficient (Wildman–Crippen LogP) is 5.41. The standard InChI is InChI=1S/C31H38N2O6/c1-18(34)27-16-21(7-13-25(27)30(36)37)22-8-14-26(31(38)39)28(17-22)29(35)33-24-11-5-20(6-12-24)15-19-3-9-23(32-2)10-4-19/h7-8,13-14,16-17,19-20,23-24,32H,3-6,9-12,15H2,1-2H3,(H,33,35)(H,36,37)(H,38,39). The van der Waals surface area contributed by atoms with E-state index in [1.54, 1.807) is 12.1 Å². The summed E-state index contributed by atoms with van der Waals surface area (Å²) in [5, 5.41) is 25.6. The van der Waals surface area contributed by atoms with Crippen LogP contribution in [-0.2, 0) is 0 Å². The Hall–Kier alpha value is -3.52. The van der Waals surface area contributed by atoms with Crippen LogP contribution in [0.5, 0.6) is 0 Å². The Kier molecular flexibility index (Phi) is 9.17. The van der Waals surface area contributed by atoms with Crippen molar-refractivity contribution in [3.8, 4) is 11.1 Å². The van der Waals surface area contributed by atoms with Gasteiger partial charge in [-0.2, -0.15) is 0 Å². The number of amides is 1. The Labute approximate surface area is 229 Å². The second-order valence-electron chi connectivity index (χ2n) is 11.1. The van der Waals surface area contributed by atoms with Crippen LogP contribution in [-0.4, -0.2) is 53.0 Å². The molecule has 4 N–H and O–H groups in total. The van der Waals surface area contributed by atoms with Gasteiger partial charge in [-0.1, -0.05) is 12.1 Å². The molecular formula is C31H38N2O6. The summed E-state index contributed by atoms with van der Waals surface area (Å²) in [6, 6.07) is 9.48. The number of hydrogen-bond donors (Lipinski definition) is 4. The molecule has 2 fully saturated rings. The fraction of sp³-hybridized carbons (Fsp3) is 0.484. The van der Waals surface area contributed by atoms with E-state index >= 15 is 0 Å². The smallest absolute Gasteiger partial charge is 0.336 e. The quantitative estimate of drug-likeness (QED) is 0.316. The molecule has 0 atom stereocenters. The van der Waals surface area contributed by atoms with E-state index in [0.29, 0.717) is 23.1 Å². The molecule has 0 unspecified atom stereocenters. The molecule has 0 saturated heterocycles. The average molecular weight is 535 g/mol. The Bertz CT molecular complexity index is 1240. The molecule has 0 spiro atoms. The van der Waals surface area contributed by atoms with Crippen molar-refractivity contribution >= 4 is 23.6 Å². The number of aromatic carboxylic acids is 2. The topological polar surface area (TPSA) is 133 Å². The van der Waals surface area contributed by atoms with Crippen LogP contribution in [0.2, 0.25) is 0 Å². The first-order valence-electron chi connectivity index (χ1n) is 13.9. The highest BCUT2D eigenvalue weighted by Gasteiger charge is 2.28. The lowest BCUT2D eigenvalue weighted by Gasteiger charge is -2.34. The molecule has 0 radical (unpaired) electrons. The normalized spacial score (nSPS) is 23.1. The zero-order chi connectivity index (χ0) is 28.1. The van der Waals surface area contributed by atoms with Gasteiger partial charge in [-0.05, 0) is 119 Å². The monoisotopic (exact) mass is 534 g/mol. The third-order valence-electron chi connectivity index (χ3n) is 8.56. The van der Waals surface area contributed by atoms with Crippen molar-refractivity contribution in [3.05, 3.63) is 58.7 Å². The third kappa shape index (κ3) is 6.92. The fourth-order valence-corrected chi connectivity index (χ4v) is 6.26. The van der Waals surface area contributed by atoms with Gasteiger partial charge in [-0.15, -0.1) is 0 Å². The maximum Gasteiger partial charge on any atom is 0.336 e. The number of benzene rings is 2. The van der Waals surface area contributed by atoms with Gasteiger partial charge in [0.15, 0.2) is 5.78 Å². The zero-order valence-corrected chi connectivity index (χ0v) is 22.7. The molecule has 39 heavy (non-hydrogen) atoms. The van der Waals surface area contributed by atoms with Crippen LogP contribution in [0.3, 0.4) is 0 Å². The highest BCUT2D eigenvalue weighted by Crippen LogP contribution is 2.35. The molecule has 0 bridgehead atoms. The molecule has 2 aromatic rings. The summed E-state index contributed by atoms with van der Waals surface area (Å²) in [5.74, 6) is -1.76. The minimum atomic E-state index is -1.20. The number of carboxylic acids is 2. The van der Waals surface area contributed by atoms with Gasteiger partial charge in [0.1, 0.15) is 0 Å². The Morgan fingerprint density at radius 1 is 0.692 bits per heavy atom. The number of ketones is 1. The SMILES string of the molecule is CNC1CCC(CC2CCC(NC(=O)c3cc(-c4ccc(C(=O)O)c(C(C)=O)c4)ccc3C(=O)O)CC2)CC1. The van der Waals surface area contributed by atoms with E-state index in [1.807, 2.05) is 7.05 Å². The number of carbonyl (C=O) groups is 4. The zero-order valence-electron chi connectivity index (χ0n) is 22.7. The van der Waals surface area contributed by atoms with E-state index < -0.39 is 23.6 Å². The van der Waals surface area contributed by atoms with Gasteiger partial charge in [0.25, 0.3) is 5.91 Å². The largest absolute Gasteiger partial charge is 0.478 e. The van der Waals surface area contributed by atoms with Crippen LogP contribution in [0.15, 0.2) is 36.4 Å². The third-order valence-corrected chi connectivity index (χ3v) is 8.56. The minimum Gasteiger partial charge on any atom is -0.478 e. The highest BCUT2D eigenvalue weighted by atomic mass is 16.4. The Morgan fingerprint density at radius 2 is 1.15 bits per heavy atom. The molecule has 8 nitrogen and oxygen atoms in total. The van der Waals surface area contributed by atoms with Crippen molar-refractivity contribution in [1.29, 1.82) is 0 Å². The number of carboxylic acid groups (broad SMARTS) is 2. The Morgan fingerprint density at radius 3 is 1.62 bits per heavy atom. The number of carbonyl (C=O) groups excluding carboxylic acids is 2. The van der Waals surface area contributed by atoms with Crippen LogP contribution in [0.25, 0.3) is 11.1 Å². The molecule has 208 valence electrons. The maximum absolute atomic E-state index is 13.3. The average Bonchev–Trinajstić information content (AvgIpc) is 2.93. The molecule has 2 aromatic carbocycles. The van der Waals surface area contributed by atoms with Crippen LogP contribution in [0.4, 0.5) is 0 Å². The first-order chi connectivity index (χ1) is 18.7. The molecule has 1 amide bonds. The van der Waals surface area contributed by atoms with Crippen LogP contribution in [0.1, 0.15) is 106 Å². The van der Waals surface area contributed by atoms with E-state index in [0.717, 1.165) is 31.6 Å². The summed E-state index contributed by atoms with van der Waals surface area (Å²) in [7, 11) is 2.04. The van der Waals surface area contributed by atoms with E-state index in [9.17, 15) is 29.4 Å². The van der Waals surface area contributed by atoms with Crippen LogP contribution >= 0.6 is 0 Å². The van der Waals surface area contributed by atoms with Crippen molar-refractivity contribution in [2.75, 3.05) is 7.05 Å². The lowest BCUT2D eigenvalue weighted by molar-refractivity contribution is 0.0682. The van der Waals surface area contributed by atoms with E-state index in [4.69, 9.17) is 0 Å². The number of Topliss-reactive ketones (excluding diaryl/α,β-unsaturated/α-hetero) is 1. The van der Waals surface area contributed by atoms with Crippen molar-refractivity contribution < 1.29 is 29.4 Å². The summed E-state index contributed by atoms with van der Waals surface area (Å²) in [6.07, 6.45) is 10.2. The molecule has 2 aliphatic carbocycles. The van der Waals surface area contributed by atoms with Crippen molar-refractivity contribution in [2.24, 2.45) is 11.8 Å². The summed E-state index contributed by atoms with van der Waals surface area (Å²) in [6.45, 7) is 1.29. The van der Waals surface area contributed by atoms with E-state index in [1.165, 1.54) is 63.3 Å². The molecule has 0 aliphatic heterocycles.